The van der Waals surface area contributed by atoms with E-state index in [1.165, 1.54) is 5.56 Å². The molecule has 1 rings (SSSR count). The first-order chi connectivity index (χ1) is 8.33. The van der Waals surface area contributed by atoms with E-state index in [0.717, 1.165) is 6.42 Å². The van der Waals surface area contributed by atoms with Crippen molar-refractivity contribution in [1.29, 1.82) is 0 Å². The van der Waals surface area contributed by atoms with E-state index in [4.69, 9.17) is 5.11 Å². The summed E-state index contributed by atoms with van der Waals surface area (Å²) in [6.07, 6.45) is 1.25. The standard InChI is InChI=1S/C16H24O2/c1-12(14-8-6-5-7-9-14)11-16(3,4)13(2)10-15(17)18/h5-9,12-13H,10-11H2,1-4H3,(H,17,18)/t12?,13-/m1/s1. The van der Waals surface area contributed by atoms with E-state index < -0.39 is 5.97 Å². The molecule has 1 aromatic rings. The zero-order valence-electron chi connectivity index (χ0n) is 11.8. The van der Waals surface area contributed by atoms with Crippen LogP contribution in [0.15, 0.2) is 30.3 Å². The van der Waals surface area contributed by atoms with Crippen molar-refractivity contribution in [2.75, 3.05) is 0 Å². The van der Waals surface area contributed by atoms with Crippen molar-refractivity contribution in [3.63, 3.8) is 0 Å². The average Bonchev–Trinajstić information content (AvgIpc) is 2.28. The molecule has 0 fully saturated rings. The van der Waals surface area contributed by atoms with E-state index in [0.29, 0.717) is 5.92 Å². The van der Waals surface area contributed by atoms with Gasteiger partial charge in [-0.25, -0.2) is 0 Å². The first-order valence-corrected chi connectivity index (χ1v) is 6.59. The molecule has 2 heteroatoms. The fourth-order valence-corrected chi connectivity index (χ4v) is 2.43. The fraction of sp³-hybridized carbons (Fsp3) is 0.562. The highest BCUT2D eigenvalue weighted by Crippen LogP contribution is 2.38. The molecule has 0 aliphatic heterocycles. The van der Waals surface area contributed by atoms with Gasteiger partial charge in [-0.2, -0.15) is 0 Å². The van der Waals surface area contributed by atoms with E-state index in [1.807, 2.05) is 13.0 Å². The van der Waals surface area contributed by atoms with Crippen LogP contribution in [0.2, 0.25) is 0 Å². The molecule has 0 aliphatic rings. The number of hydrogen-bond donors (Lipinski definition) is 1. The molecule has 0 amide bonds. The number of rotatable bonds is 6. The molecule has 0 saturated carbocycles. The van der Waals surface area contributed by atoms with Gasteiger partial charge in [-0.3, -0.25) is 4.79 Å². The maximum atomic E-state index is 10.8. The van der Waals surface area contributed by atoms with Crippen molar-refractivity contribution in [3.8, 4) is 0 Å². The Morgan fingerprint density at radius 2 is 1.78 bits per heavy atom. The van der Waals surface area contributed by atoms with Crippen LogP contribution in [0.25, 0.3) is 0 Å². The minimum absolute atomic E-state index is 0.0354. The van der Waals surface area contributed by atoms with Gasteiger partial charge in [0.2, 0.25) is 0 Å². The van der Waals surface area contributed by atoms with Crippen molar-refractivity contribution >= 4 is 5.97 Å². The third-order valence-corrected chi connectivity index (χ3v) is 4.02. The second-order valence-electron chi connectivity index (χ2n) is 6.00. The summed E-state index contributed by atoms with van der Waals surface area (Å²) in [5.41, 5.74) is 1.36. The normalized spacial score (nSPS) is 15.1. The summed E-state index contributed by atoms with van der Waals surface area (Å²) < 4.78 is 0. The van der Waals surface area contributed by atoms with Crippen LogP contribution in [-0.4, -0.2) is 11.1 Å². The Morgan fingerprint density at radius 1 is 1.22 bits per heavy atom. The number of carboxylic acids is 1. The number of carboxylic acid groups (broad SMARTS) is 1. The molecule has 0 saturated heterocycles. The molecular weight excluding hydrogens is 224 g/mol. The minimum atomic E-state index is -0.706. The van der Waals surface area contributed by atoms with E-state index in [1.54, 1.807) is 0 Å². The topological polar surface area (TPSA) is 37.3 Å². The molecule has 0 aliphatic carbocycles. The van der Waals surface area contributed by atoms with Gasteiger partial charge in [0.25, 0.3) is 0 Å². The lowest BCUT2D eigenvalue weighted by molar-refractivity contribution is -0.139. The van der Waals surface area contributed by atoms with Gasteiger partial charge in [0.15, 0.2) is 0 Å². The van der Waals surface area contributed by atoms with Crippen LogP contribution in [0.4, 0.5) is 0 Å². The zero-order chi connectivity index (χ0) is 13.8. The van der Waals surface area contributed by atoms with Gasteiger partial charge in [-0.1, -0.05) is 58.0 Å². The molecule has 0 radical (unpaired) electrons. The highest BCUT2D eigenvalue weighted by atomic mass is 16.4. The van der Waals surface area contributed by atoms with Gasteiger partial charge in [0.1, 0.15) is 0 Å². The Balaban J connectivity index is 2.67. The van der Waals surface area contributed by atoms with Gasteiger partial charge >= 0.3 is 5.97 Å². The van der Waals surface area contributed by atoms with Crippen LogP contribution in [-0.2, 0) is 4.79 Å². The Kier molecular flexibility index (Phi) is 4.94. The SMILES string of the molecule is CC(CC(C)(C)[C@H](C)CC(=O)O)c1ccccc1. The highest BCUT2D eigenvalue weighted by molar-refractivity contribution is 5.67. The quantitative estimate of drug-likeness (QED) is 0.814. The summed E-state index contributed by atoms with van der Waals surface area (Å²) in [7, 11) is 0. The summed E-state index contributed by atoms with van der Waals surface area (Å²) in [5, 5.41) is 8.90. The Hall–Kier alpha value is -1.31. The van der Waals surface area contributed by atoms with Gasteiger partial charge in [0, 0.05) is 6.42 Å². The van der Waals surface area contributed by atoms with Crippen LogP contribution < -0.4 is 0 Å². The lowest BCUT2D eigenvalue weighted by Gasteiger charge is -2.33. The zero-order valence-corrected chi connectivity index (χ0v) is 11.8. The van der Waals surface area contributed by atoms with Crippen molar-refractivity contribution in [2.24, 2.45) is 11.3 Å². The molecule has 1 N–H and O–H groups in total. The Labute approximate surface area is 110 Å². The maximum absolute atomic E-state index is 10.8. The Bertz CT molecular complexity index is 381. The van der Waals surface area contributed by atoms with Crippen LogP contribution in [0.5, 0.6) is 0 Å². The average molecular weight is 248 g/mol. The predicted molar refractivity (Wildman–Crippen MR) is 74.7 cm³/mol. The van der Waals surface area contributed by atoms with Crippen molar-refractivity contribution in [3.05, 3.63) is 35.9 Å². The van der Waals surface area contributed by atoms with Gasteiger partial charge in [-0.15, -0.1) is 0 Å². The summed E-state index contributed by atoms with van der Waals surface area (Å²) in [6, 6.07) is 10.4. The molecule has 2 nitrogen and oxygen atoms in total. The minimum Gasteiger partial charge on any atom is -0.481 e. The molecule has 0 bridgehead atoms. The van der Waals surface area contributed by atoms with E-state index >= 15 is 0 Å². The molecular formula is C16H24O2. The first kappa shape index (κ1) is 14.7. The maximum Gasteiger partial charge on any atom is 0.303 e. The van der Waals surface area contributed by atoms with Gasteiger partial charge < -0.3 is 5.11 Å². The second-order valence-corrected chi connectivity index (χ2v) is 6.00. The van der Waals surface area contributed by atoms with Crippen LogP contribution in [0.3, 0.4) is 0 Å². The van der Waals surface area contributed by atoms with Gasteiger partial charge in [0.05, 0.1) is 0 Å². The van der Waals surface area contributed by atoms with E-state index in [2.05, 4.69) is 45.0 Å². The summed E-state index contributed by atoms with van der Waals surface area (Å²) >= 11 is 0. The number of carbonyl (C=O) groups is 1. The first-order valence-electron chi connectivity index (χ1n) is 6.59. The molecule has 2 atom stereocenters. The summed E-state index contributed by atoms with van der Waals surface area (Å²) in [6.45, 7) is 8.58. The summed E-state index contributed by atoms with van der Waals surface area (Å²) in [4.78, 5) is 10.8. The largest absolute Gasteiger partial charge is 0.481 e. The molecule has 100 valence electrons. The number of aliphatic carboxylic acids is 1. The molecule has 1 unspecified atom stereocenters. The third-order valence-electron chi connectivity index (χ3n) is 4.02. The Morgan fingerprint density at radius 3 is 2.28 bits per heavy atom. The number of benzene rings is 1. The molecule has 1 aromatic carbocycles. The lowest BCUT2D eigenvalue weighted by Crippen LogP contribution is -2.25. The van der Waals surface area contributed by atoms with Crippen molar-refractivity contribution in [2.45, 2.75) is 46.5 Å². The molecule has 0 aromatic heterocycles. The predicted octanol–water partition coefficient (Wildman–Crippen LogP) is 4.32. The van der Waals surface area contributed by atoms with Crippen LogP contribution in [0.1, 0.15) is 52.0 Å². The summed E-state index contributed by atoms with van der Waals surface area (Å²) in [5.74, 6) is -0.0680. The van der Waals surface area contributed by atoms with Gasteiger partial charge in [-0.05, 0) is 29.2 Å². The third kappa shape index (κ3) is 4.17. The molecule has 0 spiro atoms. The highest BCUT2D eigenvalue weighted by Gasteiger charge is 2.29. The van der Waals surface area contributed by atoms with E-state index in [-0.39, 0.29) is 17.8 Å². The number of hydrogen-bond acceptors (Lipinski definition) is 1. The fourth-order valence-electron chi connectivity index (χ4n) is 2.43. The van der Waals surface area contributed by atoms with Crippen LogP contribution in [0, 0.1) is 11.3 Å². The monoisotopic (exact) mass is 248 g/mol. The van der Waals surface area contributed by atoms with Crippen LogP contribution >= 0.6 is 0 Å². The van der Waals surface area contributed by atoms with Crippen molar-refractivity contribution < 1.29 is 9.90 Å². The lowest BCUT2D eigenvalue weighted by atomic mass is 9.71. The second kappa shape index (κ2) is 6.03. The van der Waals surface area contributed by atoms with Crippen molar-refractivity contribution in [1.82, 2.24) is 0 Å². The molecule has 18 heavy (non-hydrogen) atoms. The smallest absolute Gasteiger partial charge is 0.303 e. The van der Waals surface area contributed by atoms with E-state index in [9.17, 15) is 4.79 Å². The molecule has 0 heterocycles.